The van der Waals surface area contributed by atoms with Gasteiger partial charge in [0.2, 0.25) is 0 Å². The van der Waals surface area contributed by atoms with Crippen molar-refractivity contribution >= 4 is 47.2 Å². The lowest BCUT2D eigenvalue weighted by molar-refractivity contribution is 0.414. The monoisotopic (exact) mass is 424 g/mol. The summed E-state index contributed by atoms with van der Waals surface area (Å²) in [5, 5.41) is 0.724. The lowest BCUT2D eigenvalue weighted by Gasteiger charge is -2.06. The second-order valence-corrected chi connectivity index (χ2v) is 9.08. The SMILES string of the molecule is COc1ccc(CS(=O)(=O)c2cc3cc(Br)ccc3sc2=O)cc1. The van der Waals surface area contributed by atoms with Crippen LogP contribution in [0.2, 0.25) is 0 Å². The molecule has 2 aromatic carbocycles. The molecule has 0 fully saturated rings. The van der Waals surface area contributed by atoms with Crippen molar-refractivity contribution in [2.75, 3.05) is 7.11 Å². The summed E-state index contributed by atoms with van der Waals surface area (Å²) in [6.45, 7) is 0. The van der Waals surface area contributed by atoms with Gasteiger partial charge in [-0.25, -0.2) is 8.42 Å². The van der Waals surface area contributed by atoms with E-state index < -0.39 is 14.6 Å². The van der Waals surface area contributed by atoms with Crippen LogP contribution >= 0.6 is 27.3 Å². The molecule has 0 aliphatic carbocycles. The molecule has 1 heterocycles. The number of benzene rings is 2. The average molecular weight is 425 g/mol. The predicted molar refractivity (Wildman–Crippen MR) is 99.7 cm³/mol. The third-order valence-corrected chi connectivity index (χ3v) is 6.82. The maximum Gasteiger partial charge on any atom is 0.251 e. The largest absolute Gasteiger partial charge is 0.497 e. The Hall–Kier alpha value is -1.70. The average Bonchev–Trinajstić information content (AvgIpc) is 2.55. The van der Waals surface area contributed by atoms with E-state index in [9.17, 15) is 13.2 Å². The molecule has 24 heavy (non-hydrogen) atoms. The van der Waals surface area contributed by atoms with Crippen molar-refractivity contribution in [3.8, 4) is 5.75 Å². The van der Waals surface area contributed by atoms with E-state index in [2.05, 4.69) is 15.9 Å². The lowest BCUT2D eigenvalue weighted by Crippen LogP contribution is -2.14. The van der Waals surface area contributed by atoms with Gasteiger partial charge in [-0.05, 0) is 47.3 Å². The molecule has 0 radical (unpaired) electrons. The molecule has 0 amide bonds. The molecule has 4 nitrogen and oxygen atoms in total. The molecule has 0 aliphatic rings. The number of fused-ring (bicyclic) bond motifs is 1. The summed E-state index contributed by atoms with van der Waals surface area (Å²) in [5.41, 5.74) is 0.606. The Kier molecular flexibility index (Phi) is 4.76. The summed E-state index contributed by atoms with van der Waals surface area (Å²) in [6, 6.07) is 13.6. The van der Waals surface area contributed by atoms with Crippen LogP contribution in [0.4, 0.5) is 0 Å². The molecule has 124 valence electrons. The van der Waals surface area contributed by atoms with E-state index in [1.165, 1.54) is 6.07 Å². The summed E-state index contributed by atoms with van der Waals surface area (Å²) >= 11 is 4.30. The quantitative estimate of drug-likeness (QED) is 0.634. The molecule has 0 N–H and O–H groups in total. The molecule has 0 unspecified atom stereocenters. The van der Waals surface area contributed by atoms with Gasteiger partial charge in [0.25, 0.3) is 4.74 Å². The molecule has 1 aromatic heterocycles. The van der Waals surface area contributed by atoms with Crippen molar-refractivity contribution < 1.29 is 13.2 Å². The molecular formula is C17H13BrO4S2. The van der Waals surface area contributed by atoms with Gasteiger partial charge in [0.1, 0.15) is 10.6 Å². The molecule has 0 saturated heterocycles. The molecule has 0 saturated carbocycles. The van der Waals surface area contributed by atoms with Crippen LogP contribution in [-0.4, -0.2) is 15.5 Å². The van der Waals surface area contributed by atoms with Crippen LogP contribution in [0.25, 0.3) is 10.1 Å². The van der Waals surface area contributed by atoms with Gasteiger partial charge in [-0.1, -0.05) is 39.4 Å². The van der Waals surface area contributed by atoms with E-state index in [1.807, 2.05) is 6.07 Å². The molecule has 0 spiro atoms. The zero-order valence-corrected chi connectivity index (χ0v) is 15.9. The smallest absolute Gasteiger partial charge is 0.251 e. The van der Waals surface area contributed by atoms with Crippen LogP contribution in [-0.2, 0) is 15.6 Å². The highest BCUT2D eigenvalue weighted by atomic mass is 79.9. The van der Waals surface area contributed by atoms with Crippen molar-refractivity contribution in [1.29, 1.82) is 0 Å². The second kappa shape index (κ2) is 6.66. The molecule has 3 rings (SSSR count). The van der Waals surface area contributed by atoms with Crippen molar-refractivity contribution in [3.63, 3.8) is 0 Å². The van der Waals surface area contributed by atoms with Crippen LogP contribution < -0.4 is 9.48 Å². The molecular weight excluding hydrogens is 412 g/mol. The van der Waals surface area contributed by atoms with Gasteiger partial charge in [-0.3, -0.25) is 4.79 Å². The van der Waals surface area contributed by atoms with E-state index in [-0.39, 0.29) is 10.6 Å². The second-order valence-electron chi connectivity index (χ2n) is 5.19. The maximum absolute atomic E-state index is 12.7. The summed E-state index contributed by atoms with van der Waals surface area (Å²) in [4.78, 5) is 12.1. The van der Waals surface area contributed by atoms with Gasteiger partial charge < -0.3 is 4.74 Å². The van der Waals surface area contributed by atoms with Crippen LogP contribution in [0, 0.1) is 0 Å². The van der Waals surface area contributed by atoms with Crippen molar-refractivity contribution in [2.24, 2.45) is 0 Å². The number of hydrogen-bond acceptors (Lipinski definition) is 5. The third kappa shape index (κ3) is 3.53. The van der Waals surface area contributed by atoms with E-state index >= 15 is 0 Å². The number of sulfone groups is 1. The Morgan fingerprint density at radius 1 is 1.08 bits per heavy atom. The highest BCUT2D eigenvalue weighted by Gasteiger charge is 2.20. The highest BCUT2D eigenvalue weighted by molar-refractivity contribution is 9.10. The fourth-order valence-corrected chi connectivity index (χ4v) is 5.27. The minimum Gasteiger partial charge on any atom is -0.497 e. The van der Waals surface area contributed by atoms with E-state index in [0.717, 1.165) is 25.9 Å². The summed E-state index contributed by atoms with van der Waals surface area (Å²) in [6.07, 6.45) is 0. The fraction of sp³-hybridized carbons (Fsp3) is 0.118. The Bertz CT molecular complexity index is 1050. The van der Waals surface area contributed by atoms with E-state index in [0.29, 0.717) is 11.3 Å². The molecule has 0 bridgehead atoms. The molecule has 7 heteroatoms. The van der Waals surface area contributed by atoms with E-state index in [1.54, 1.807) is 43.5 Å². The Balaban J connectivity index is 2.03. The first kappa shape index (κ1) is 17.1. The normalized spacial score (nSPS) is 11.6. The fourth-order valence-electron chi connectivity index (χ4n) is 2.31. The standard InChI is InChI=1S/C17H13BrO4S2/c1-22-14-5-2-11(3-6-14)10-24(20,21)16-9-12-8-13(18)4-7-15(12)23-17(16)19/h2-9H,10H2,1H3. The maximum atomic E-state index is 12.7. The Morgan fingerprint density at radius 3 is 2.46 bits per heavy atom. The predicted octanol–water partition coefficient (Wildman–Crippen LogP) is 4.01. The van der Waals surface area contributed by atoms with Crippen molar-refractivity contribution in [3.05, 3.63) is 68.1 Å². The Labute approximate surface area is 151 Å². The summed E-state index contributed by atoms with van der Waals surface area (Å²) < 4.78 is 31.5. The van der Waals surface area contributed by atoms with E-state index in [4.69, 9.17) is 4.74 Å². The zero-order chi connectivity index (χ0) is 17.3. The molecule has 0 aliphatic heterocycles. The van der Waals surface area contributed by atoms with Crippen molar-refractivity contribution in [1.82, 2.24) is 0 Å². The van der Waals surface area contributed by atoms with Gasteiger partial charge >= 0.3 is 0 Å². The first-order valence-electron chi connectivity index (χ1n) is 6.98. The number of ether oxygens (including phenoxy) is 1. The van der Waals surface area contributed by atoms with Crippen molar-refractivity contribution in [2.45, 2.75) is 10.6 Å². The summed E-state index contributed by atoms with van der Waals surface area (Å²) in [7, 11) is -2.18. The molecule has 0 atom stereocenters. The topological polar surface area (TPSA) is 60.4 Å². The Morgan fingerprint density at radius 2 is 1.79 bits per heavy atom. The van der Waals surface area contributed by atoms with Crippen LogP contribution in [0.1, 0.15) is 5.56 Å². The van der Waals surface area contributed by atoms with Gasteiger partial charge in [0, 0.05) is 9.17 Å². The van der Waals surface area contributed by atoms with Gasteiger partial charge in [-0.2, -0.15) is 0 Å². The van der Waals surface area contributed by atoms with Gasteiger partial charge in [0.15, 0.2) is 9.84 Å². The lowest BCUT2D eigenvalue weighted by atomic mass is 10.2. The zero-order valence-electron chi connectivity index (χ0n) is 12.7. The van der Waals surface area contributed by atoms with Gasteiger partial charge in [0.05, 0.1) is 12.9 Å². The molecule has 3 aromatic rings. The number of halogens is 1. The minimum absolute atomic E-state index is 0.158. The van der Waals surface area contributed by atoms with Crippen LogP contribution in [0.3, 0.4) is 0 Å². The number of hydrogen-bond donors (Lipinski definition) is 0. The minimum atomic E-state index is -3.73. The van der Waals surface area contributed by atoms with Crippen LogP contribution in [0.5, 0.6) is 5.75 Å². The number of methoxy groups -OCH3 is 1. The third-order valence-electron chi connectivity index (χ3n) is 3.51. The summed E-state index contributed by atoms with van der Waals surface area (Å²) in [5.74, 6) is 0.428. The highest BCUT2D eigenvalue weighted by Crippen LogP contribution is 2.25. The number of rotatable bonds is 4. The van der Waals surface area contributed by atoms with Gasteiger partial charge in [-0.15, -0.1) is 0 Å². The first-order chi connectivity index (χ1) is 11.4. The van der Waals surface area contributed by atoms with Crippen LogP contribution in [0.15, 0.2) is 62.7 Å². The first-order valence-corrected chi connectivity index (χ1v) is 10.2.